The molecule has 0 aromatic heterocycles. The van der Waals surface area contributed by atoms with Crippen molar-refractivity contribution in [2.45, 2.75) is 57.4 Å². The average Bonchev–Trinajstić information content (AvgIpc) is 2.34. The number of carbonyl (C=O) groups excluding carboxylic acids is 1. The Balaban J connectivity index is 2.11. The van der Waals surface area contributed by atoms with Gasteiger partial charge in [-0.1, -0.05) is 32.6 Å². The standard InChI is InChI=1S/C13H26N2O2/c1-2-3-10-17-11-9-15-12(16)13(14)7-5-4-6-8-13/h2-11,14H2,1H3,(H,15,16). The highest BCUT2D eigenvalue weighted by Crippen LogP contribution is 2.25. The number of ether oxygens (including phenoxy) is 1. The topological polar surface area (TPSA) is 64.3 Å². The van der Waals surface area contributed by atoms with Crippen LogP contribution in [0.1, 0.15) is 51.9 Å². The number of amides is 1. The van der Waals surface area contributed by atoms with Gasteiger partial charge in [-0.3, -0.25) is 4.79 Å². The van der Waals surface area contributed by atoms with E-state index in [1.807, 2.05) is 0 Å². The van der Waals surface area contributed by atoms with Crippen molar-refractivity contribution >= 4 is 5.91 Å². The zero-order chi connectivity index (χ0) is 12.6. The van der Waals surface area contributed by atoms with Crippen molar-refractivity contribution in [1.82, 2.24) is 5.32 Å². The maximum Gasteiger partial charge on any atom is 0.240 e. The maximum atomic E-state index is 11.9. The molecule has 0 unspecified atom stereocenters. The van der Waals surface area contributed by atoms with Crippen LogP contribution in [-0.2, 0) is 9.53 Å². The molecule has 0 aromatic carbocycles. The molecule has 1 aliphatic carbocycles. The zero-order valence-electron chi connectivity index (χ0n) is 11.0. The molecule has 0 heterocycles. The van der Waals surface area contributed by atoms with Gasteiger partial charge in [0.1, 0.15) is 0 Å². The van der Waals surface area contributed by atoms with Gasteiger partial charge >= 0.3 is 0 Å². The fourth-order valence-corrected chi connectivity index (χ4v) is 2.17. The van der Waals surface area contributed by atoms with E-state index >= 15 is 0 Å². The molecular weight excluding hydrogens is 216 g/mol. The largest absolute Gasteiger partial charge is 0.380 e. The highest BCUT2D eigenvalue weighted by molar-refractivity contribution is 5.86. The average molecular weight is 242 g/mol. The fourth-order valence-electron chi connectivity index (χ4n) is 2.17. The Hall–Kier alpha value is -0.610. The second kappa shape index (κ2) is 7.67. The first kappa shape index (κ1) is 14.5. The summed E-state index contributed by atoms with van der Waals surface area (Å²) in [7, 11) is 0. The molecule has 100 valence electrons. The van der Waals surface area contributed by atoms with Crippen molar-refractivity contribution in [2.75, 3.05) is 19.8 Å². The Bertz CT molecular complexity index is 225. The van der Waals surface area contributed by atoms with Gasteiger partial charge in [-0.15, -0.1) is 0 Å². The molecule has 0 atom stereocenters. The second-order valence-corrected chi connectivity index (χ2v) is 4.94. The lowest BCUT2D eigenvalue weighted by Crippen LogP contribution is -2.55. The molecule has 0 aliphatic heterocycles. The molecule has 1 saturated carbocycles. The molecule has 0 radical (unpaired) electrons. The summed E-state index contributed by atoms with van der Waals surface area (Å²) in [5.41, 5.74) is 5.49. The van der Waals surface area contributed by atoms with Crippen LogP contribution < -0.4 is 11.1 Å². The van der Waals surface area contributed by atoms with Gasteiger partial charge in [-0.25, -0.2) is 0 Å². The predicted molar refractivity (Wildman–Crippen MR) is 68.7 cm³/mol. The molecular formula is C13H26N2O2. The van der Waals surface area contributed by atoms with Crippen LogP contribution in [0, 0.1) is 0 Å². The summed E-state index contributed by atoms with van der Waals surface area (Å²) >= 11 is 0. The molecule has 0 saturated heterocycles. The van der Waals surface area contributed by atoms with Crippen molar-refractivity contribution in [1.29, 1.82) is 0 Å². The van der Waals surface area contributed by atoms with E-state index in [0.717, 1.165) is 45.1 Å². The van der Waals surface area contributed by atoms with E-state index in [2.05, 4.69) is 12.2 Å². The fraction of sp³-hybridized carbons (Fsp3) is 0.923. The van der Waals surface area contributed by atoms with Crippen LogP contribution in [0.2, 0.25) is 0 Å². The minimum absolute atomic E-state index is 0.00343. The van der Waals surface area contributed by atoms with Crippen molar-refractivity contribution in [3.63, 3.8) is 0 Å². The number of rotatable bonds is 7. The Kier molecular flexibility index (Phi) is 6.52. The van der Waals surface area contributed by atoms with Crippen LogP contribution in [0.3, 0.4) is 0 Å². The number of carbonyl (C=O) groups is 1. The van der Waals surface area contributed by atoms with Crippen LogP contribution in [0.5, 0.6) is 0 Å². The molecule has 0 spiro atoms. The Morgan fingerprint density at radius 3 is 2.65 bits per heavy atom. The normalized spacial score (nSPS) is 18.9. The van der Waals surface area contributed by atoms with Gasteiger partial charge in [-0.05, 0) is 19.3 Å². The Morgan fingerprint density at radius 1 is 1.29 bits per heavy atom. The second-order valence-electron chi connectivity index (χ2n) is 4.94. The SMILES string of the molecule is CCCCOCCNC(=O)C1(N)CCCCC1. The molecule has 4 heteroatoms. The van der Waals surface area contributed by atoms with E-state index < -0.39 is 5.54 Å². The summed E-state index contributed by atoms with van der Waals surface area (Å²) in [5.74, 6) is -0.00343. The number of nitrogens with two attached hydrogens (primary N) is 1. The van der Waals surface area contributed by atoms with Gasteiger partial charge < -0.3 is 15.8 Å². The number of unbranched alkanes of at least 4 members (excludes halogenated alkanes) is 1. The van der Waals surface area contributed by atoms with E-state index in [1.165, 1.54) is 6.42 Å². The number of hydrogen-bond donors (Lipinski definition) is 2. The highest BCUT2D eigenvalue weighted by Gasteiger charge is 2.34. The van der Waals surface area contributed by atoms with Crippen LogP contribution in [0.4, 0.5) is 0 Å². The highest BCUT2D eigenvalue weighted by atomic mass is 16.5. The first-order valence-corrected chi connectivity index (χ1v) is 6.84. The summed E-state index contributed by atoms with van der Waals surface area (Å²) in [6, 6.07) is 0. The molecule has 0 bridgehead atoms. The summed E-state index contributed by atoms with van der Waals surface area (Å²) in [5, 5.41) is 2.88. The zero-order valence-corrected chi connectivity index (χ0v) is 11.0. The molecule has 0 aromatic rings. The molecule has 1 fully saturated rings. The van der Waals surface area contributed by atoms with Crippen molar-refractivity contribution in [2.24, 2.45) is 5.73 Å². The van der Waals surface area contributed by atoms with Crippen LogP contribution in [0.25, 0.3) is 0 Å². The van der Waals surface area contributed by atoms with Gasteiger partial charge in [0.2, 0.25) is 5.91 Å². The summed E-state index contributed by atoms with van der Waals surface area (Å²) in [6.45, 7) is 4.07. The summed E-state index contributed by atoms with van der Waals surface area (Å²) in [4.78, 5) is 11.9. The first-order chi connectivity index (χ1) is 8.19. The van der Waals surface area contributed by atoms with Crippen molar-refractivity contribution in [3.05, 3.63) is 0 Å². The predicted octanol–water partition coefficient (Wildman–Crippen LogP) is 1.58. The monoisotopic (exact) mass is 242 g/mol. The smallest absolute Gasteiger partial charge is 0.240 e. The summed E-state index contributed by atoms with van der Waals surface area (Å²) < 4.78 is 5.39. The number of hydrogen-bond acceptors (Lipinski definition) is 3. The first-order valence-electron chi connectivity index (χ1n) is 6.84. The molecule has 1 aliphatic rings. The molecule has 17 heavy (non-hydrogen) atoms. The molecule has 4 nitrogen and oxygen atoms in total. The third kappa shape index (κ3) is 5.04. The minimum Gasteiger partial charge on any atom is -0.380 e. The van der Waals surface area contributed by atoms with Crippen molar-refractivity contribution in [3.8, 4) is 0 Å². The van der Waals surface area contributed by atoms with Gasteiger partial charge in [-0.2, -0.15) is 0 Å². The maximum absolute atomic E-state index is 11.9. The lowest BCUT2D eigenvalue weighted by Gasteiger charge is -2.31. The van der Waals surface area contributed by atoms with Gasteiger partial charge in [0.05, 0.1) is 12.1 Å². The Morgan fingerprint density at radius 2 is 2.00 bits per heavy atom. The van der Waals surface area contributed by atoms with Crippen molar-refractivity contribution < 1.29 is 9.53 Å². The third-order valence-electron chi connectivity index (χ3n) is 3.37. The van der Waals surface area contributed by atoms with E-state index in [4.69, 9.17) is 10.5 Å². The van der Waals surface area contributed by atoms with E-state index in [-0.39, 0.29) is 5.91 Å². The van der Waals surface area contributed by atoms with E-state index in [0.29, 0.717) is 13.2 Å². The third-order valence-corrected chi connectivity index (χ3v) is 3.37. The van der Waals surface area contributed by atoms with Crippen LogP contribution in [0.15, 0.2) is 0 Å². The molecule has 3 N–H and O–H groups in total. The van der Waals surface area contributed by atoms with Crippen LogP contribution >= 0.6 is 0 Å². The van der Waals surface area contributed by atoms with Gasteiger partial charge in [0.25, 0.3) is 0 Å². The van der Waals surface area contributed by atoms with Gasteiger partial charge in [0, 0.05) is 13.2 Å². The van der Waals surface area contributed by atoms with E-state index in [1.54, 1.807) is 0 Å². The van der Waals surface area contributed by atoms with Crippen LogP contribution in [-0.4, -0.2) is 31.2 Å². The summed E-state index contributed by atoms with van der Waals surface area (Å²) in [6.07, 6.45) is 7.18. The number of nitrogens with one attached hydrogen (secondary N) is 1. The molecule has 1 amide bonds. The van der Waals surface area contributed by atoms with Gasteiger partial charge in [0.15, 0.2) is 0 Å². The minimum atomic E-state index is -0.623. The quantitative estimate of drug-likeness (QED) is 0.666. The lowest BCUT2D eigenvalue weighted by molar-refractivity contribution is -0.127. The molecule has 1 rings (SSSR count). The van der Waals surface area contributed by atoms with E-state index in [9.17, 15) is 4.79 Å². The Labute approximate surface area is 104 Å². The lowest BCUT2D eigenvalue weighted by atomic mass is 9.82.